The minimum absolute atomic E-state index is 0.600. The van der Waals surface area contributed by atoms with Gasteiger partial charge in [0.05, 0.1) is 15.7 Å². The van der Waals surface area contributed by atoms with Crippen LogP contribution in [0.3, 0.4) is 0 Å². The lowest BCUT2D eigenvalue weighted by Crippen LogP contribution is -1.97. The monoisotopic (exact) mass is 255 g/mol. The fourth-order valence-electron chi connectivity index (χ4n) is 1.86. The van der Waals surface area contributed by atoms with Gasteiger partial charge in [-0.15, -0.1) is 11.3 Å². The summed E-state index contributed by atoms with van der Waals surface area (Å²) in [6.45, 7) is 2.70. The Morgan fingerprint density at radius 1 is 1.17 bits per heavy atom. The van der Waals surface area contributed by atoms with Crippen molar-refractivity contribution >= 4 is 21.6 Å². The Bertz CT molecular complexity index is 675. The minimum Gasteiger partial charge on any atom is -0.489 e. The topological polar surface area (TPSA) is 22.1 Å². The largest absolute Gasteiger partial charge is 0.489 e. The molecule has 0 aliphatic heterocycles. The first-order chi connectivity index (χ1) is 8.83. The van der Waals surface area contributed by atoms with Crippen LogP contribution in [0.1, 0.15) is 11.1 Å². The van der Waals surface area contributed by atoms with Crippen LogP contribution in [0.15, 0.2) is 48.0 Å². The van der Waals surface area contributed by atoms with Crippen molar-refractivity contribution in [1.82, 2.24) is 4.98 Å². The van der Waals surface area contributed by atoms with Crippen molar-refractivity contribution in [1.29, 1.82) is 0 Å². The third-order valence-electron chi connectivity index (χ3n) is 2.96. The number of rotatable bonds is 3. The van der Waals surface area contributed by atoms with E-state index in [-0.39, 0.29) is 0 Å². The molecule has 2 nitrogen and oxygen atoms in total. The van der Waals surface area contributed by atoms with Crippen molar-refractivity contribution in [2.24, 2.45) is 0 Å². The highest BCUT2D eigenvalue weighted by Crippen LogP contribution is 2.23. The molecule has 0 fully saturated rings. The van der Waals surface area contributed by atoms with Gasteiger partial charge in [-0.3, -0.25) is 0 Å². The summed E-state index contributed by atoms with van der Waals surface area (Å²) >= 11 is 1.65. The number of aromatic nitrogens is 1. The molecule has 0 amide bonds. The van der Waals surface area contributed by atoms with Crippen molar-refractivity contribution in [3.05, 3.63) is 59.1 Å². The number of aryl methyl sites for hydroxylation is 1. The van der Waals surface area contributed by atoms with Gasteiger partial charge in [-0.2, -0.15) is 0 Å². The fraction of sp³-hybridized carbons (Fsp3) is 0.133. The van der Waals surface area contributed by atoms with Crippen molar-refractivity contribution < 1.29 is 4.74 Å². The second-order valence-corrected chi connectivity index (χ2v) is 5.08. The molecule has 18 heavy (non-hydrogen) atoms. The first-order valence-corrected chi connectivity index (χ1v) is 6.71. The van der Waals surface area contributed by atoms with E-state index in [1.54, 1.807) is 11.3 Å². The summed E-state index contributed by atoms with van der Waals surface area (Å²) in [6.07, 6.45) is 0. The molecule has 0 atom stereocenters. The molecule has 0 saturated heterocycles. The van der Waals surface area contributed by atoms with Gasteiger partial charge in [0, 0.05) is 6.07 Å². The highest BCUT2D eigenvalue weighted by Gasteiger charge is 2.01. The number of hydrogen-bond donors (Lipinski definition) is 0. The normalized spacial score (nSPS) is 10.7. The third-order valence-corrected chi connectivity index (χ3v) is 3.77. The third kappa shape index (κ3) is 2.22. The van der Waals surface area contributed by atoms with Crippen LogP contribution in [0, 0.1) is 6.92 Å². The van der Waals surface area contributed by atoms with Gasteiger partial charge in [-0.05, 0) is 30.2 Å². The number of ether oxygens (including phenoxy) is 1. The molecule has 0 saturated carbocycles. The summed E-state index contributed by atoms with van der Waals surface area (Å²) in [4.78, 5) is 4.29. The molecule has 0 spiro atoms. The van der Waals surface area contributed by atoms with Gasteiger partial charge in [0.15, 0.2) is 0 Å². The van der Waals surface area contributed by atoms with E-state index < -0.39 is 0 Å². The zero-order valence-corrected chi connectivity index (χ0v) is 10.9. The smallest absolute Gasteiger partial charge is 0.122 e. The summed E-state index contributed by atoms with van der Waals surface area (Å²) in [7, 11) is 0. The van der Waals surface area contributed by atoms with E-state index >= 15 is 0 Å². The lowest BCUT2D eigenvalue weighted by atomic mass is 10.1. The SMILES string of the molecule is Cc1ccccc1COc1ccc2scnc2c1. The second-order valence-electron chi connectivity index (χ2n) is 4.20. The summed E-state index contributed by atoms with van der Waals surface area (Å²) < 4.78 is 7.01. The highest BCUT2D eigenvalue weighted by atomic mass is 32.1. The van der Waals surface area contributed by atoms with E-state index in [2.05, 4.69) is 30.1 Å². The number of nitrogens with zero attached hydrogens (tertiary/aromatic N) is 1. The molecule has 3 heteroatoms. The number of fused-ring (bicyclic) bond motifs is 1. The Hall–Kier alpha value is -1.87. The van der Waals surface area contributed by atoms with Gasteiger partial charge in [-0.25, -0.2) is 4.98 Å². The number of thiazole rings is 1. The van der Waals surface area contributed by atoms with Crippen LogP contribution in [-0.2, 0) is 6.61 Å². The number of hydrogen-bond acceptors (Lipinski definition) is 3. The van der Waals surface area contributed by atoms with Gasteiger partial charge in [0.25, 0.3) is 0 Å². The minimum atomic E-state index is 0.600. The van der Waals surface area contributed by atoms with Crippen LogP contribution in [0.4, 0.5) is 0 Å². The Balaban J connectivity index is 1.78. The van der Waals surface area contributed by atoms with E-state index in [0.717, 1.165) is 11.3 Å². The van der Waals surface area contributed by atoms with Crippen molar-refractivity contribution in [3.63, 3.8) is 0 Å². The second kappa shape index (κ2) is 4.78. The molecule has 2 aromatic carbocycles. The molecule has 1 heterocycles. The molecular weight excluding hydrogens is 242 g/mol. The highest BCUT2D eigenvalue weighted by molar-refractivity contribution is 7.16. The van der Waals surface area contributed by atoms with E-state index in [0.29, 0.717) is 6.61 Å². The van der Waals surface area contributed by atoms with Crippen molar-refractivity contribution in [3.8, 4) is 5.75 Å². The Morgan fingerprint density at radius 3 is 2.94 bits per heavy atom. The maximum absolute atomic E-state index is 5.82. The van der Waals surface area contributed by atoms with Crippen LogP contribution in [0.2, 0.25) is 0 Å². The molecule has 3 rings (SSSR count). The van der Waals surface area contributed by atoms with Crippen LogP contribution in [0.25, 0.3) is 10.2 Å². The molecule has 0 radical (unpaired) electrons. The zero-order valence-electron chi connectivity index (χ0n) is 10.1. The molecule has 0 N–H and O–H groups in total. The van der Waals surface area contributed by atoms with Crippen molar-refractivity contribution in [2.45, 2.75) is 13.5 Å². The van der Waals surface area contributed by atoms with Crippen LogP contribution < -0.4 is 4.74 Å². The summed E-state index contributed by atoms with van der Waals surface area (Å²) in [5, 5.41) is 0. The average molecular weight is 255 g/mol. The van der Waals surface area contributed by atoms with Crippen molar-refractivity contribution in [2.75, 3.05) is 0 Å². The van der Waals surface area contributed by atoms with Gasteiger partial charge in [0.1, 0.15) is 12.4 Å². The van der Waals surface area contributed by atoms with Crippen LogP contribution in [0.5, 0.6) is 5.75 Å². The van der Waals surface area contributed by atoms with Gasteiger partial charge in [-0.1, -0.05) is 24.3 Å². The summed E-state index contributed by atoms with van der Waals surface area (Å²) in [5.74, 6) is 0.872. The molecule has 1 aromatic heterocycles. The Morgan fingerprint density at radius 2 is 2.06 bits per heavy atom. The molecule has 90 valence electrons. The quantitative estimate of drug-likeness (QED) is 0.700. The van der Waals surface area contributed by atoms with Gasteiger partial charge < -0.3 is 4.74 Å². The molecule has 0 unspecified atom stereocenters. The van der Waals surface area contributed by atoms with E-state index in [4.69, 9.17) is 4.74 Å². The molecule has 0 aliphatic rings. The van der Waals surface area contributed by atoms with E-state index in [1.807, 2.05) is 29.8 Å². The molecule has 3 aromatic rings. The maximum Gasteiger partial charge on any atom is 0.122 e. The van der Waals surface area contributed by atoms with Gasteiger partial charge in [0.2, 0.25) is 0 Å². The Kier molecular flexibility index (Phi) is 2.99. The molecule has 0 bridgehead atoms. The lowest BCUT2D eigenvalue weighted by Gasteiger charge is -2.08. The standard InChI is InChI=1S/C15H13NOS/c1-11-4-2-3-5-12(11)9-17-13-6-7-15-14(8-13)16-10-18-15/h2-8,10H,9H2,1H3. The van der Waals surface area contributed by atoms with Crippen LogP contribution in [-0.4, -0.2) is 4.98 Å². The van der Waals surface area contributed by atoms with E-state index in [9.17, 15) is 0 Å². The fourth-order valence-corrected chi connectivity index (χ4v) is 2.52. The predicted molar refractivity (Wildman–Crippen MR) is 75.1 cm³/mol. The summed E-state index contributed by atoms with van der Waals surface area (Å²) in [5.41, 5.74) is 5.33. The first-order valence-electron chi connectivity index (χ1n) is 5.83. The molecule has 0 aliphatic carbocycles. The maximum atomic E-state index is 5.82. The number of benzene rings is 2. The van der Waals surface area contributed by atoms with Crippen LogP contribution >= 0.6 is 11.3 Å². The predicted octanol–water partition coefficient (Wildman–Crippen LogP) is 4.18. The Labute approximate surface area is 110 Å². The lowest BCUT2D eigenvalue weighted by molar-refractivity contribution is 0.306. The first kappa shape index (κ1) is 11.2. The molecular formula is C15H13NOS. The summed E-state index contributed by atoms with van der Waals surface area (Å²) in [6, 6.07) is 14.3. The van der Waals surface area contributed by atoms with Gasteiger partial charge >= 0.3 is 0 Å². The zero-order chi connectivity index (χ0) is 12.4. The average Bonchev–Trinajstić information content (AvgIpc) is 2.85. The van der Waals surface area contributed by atoms with E-state index in [1.165, 1.54) is 15.8 Å².